The molecule has 2 aliphatic rings. The van der Waals surface area contributed by atoms with Gasteiger partial charge in [-0.1, -0.05) is 52.7 Å². The zero-order valence-electron chi connectivity index (χ0n) is 16.3. The molecule has 0 spiro atoms. The van der Waals surface area contributed by atoms with E-state index in [0.717, 1.165) is 46.7 Å². The summed E-state index contributed by atoms with van der Waals surface area (Å²) < 4.78 is 3.38. The van der Waals surface area contributed by atoms with Crippen LogP contribution in [0.5, 0.6) is 0 Å². The van der Waals surface area contributed by atoms with Gasteiger partial charge in [-0.3, -0.25) is 4.79 Å². The van der Waals surface area contributed by atoms with Crippen molar-refractivity contribution in [3.05, 3.63) is 40.1 Å². The largest absolute Gasteiger partial charge is 0.355 e. The van der Waals surface area contributed by atoms with Gasteiger partial charge < -0.3 is 9.88 Å². The van der Waals surface area contributed by atoms with E-state index >= 15 is 0 Å². The van der Waals surface area contributed by atoms with E-state index in [1.54, 1.807) is 11.8 Å². The molecule has 0 saturated heterocycles. The number of thioether (sulfide) groups is 1. The van der Waals surface area contributed by atoms with Crippen LogP contribution in [0.15, 0.2) is 33.9 Å². The van der Waals surface area contributed by atoms with Gasteiger partial charge in [-0.15, -0.1) is 10.2 Å². The molecule has 5 nitrogen and oxygen atoms in total. The lowest BCUT2D eigenvalue weighted by atomic mass is 9.95. The summed E-state index contributed by atoms with van der Waals surface area (Å²) in [6.07, 6.45) is 10.7. The maximum Gasteiger partial charge on any atom is 0.230 e. The molecule has 0 atom stereocenters. The van der Waals surface area contributed by atoms with E-state index in [4.69, 9.17) is 0 Å². The van der Waals surface area contributed by atoms with Gasteiger partial charge in [-0.05, 0) is 56.1 Å². The minimum absolute atomic E-state index is 0.160. The van der Waals surface area contributed by atoms with Crippen molar-refractivity contribution in [2.24, 2.45) is 0 Å². The number of aromatic nitrogens is 3. The fraction of sp³-hybridized carbons (Fsp3) is 0.571. The van der Waals surface area contributed by atoms with E-state index < -0.39 is 0 Å². The number of rotatable bonds is 8. The fourth-order valence-electron chi connectivity index (χ4n) is 4.32. The van der Waals surface area contributed by atoms with Gasteiger partial charge in [0.15, 0.2) is 5.16 Å². The summed E-state index contributed by atoms with van der Waals surface area (Å²) in [6, 6.07) is 8.69. The molecule has 2 fully saturated rings. The molecule has 1 amide bonds. The lowest BCUT2D eigenvalue weighted by molar-refractivity contribution is -0.123. The maximum atomic E-state index is 12.8. The smallest absolute Gasteiger partial charge is 0.230 e. The van der Waals surface area contributed by atoms with E-state index in [-0.39, 0.29) is 11.3 Å². The second-order valence-electron chi connectivity index (χ2n) is 7.86. The highest BCUT2D eigenvalue weighted by molar-refractivity contribution is 9.10. The zero-order chi connectivity index (χ0) is 19.6. The van der Waals surface area contributed by atoms with Crippen LogP contribution in [0.1, 0.15) is 62.4 Å². The van der Waals surface area contributed by atoms with Crippen LogP contribution >= 0.6 is 27.7 Å². The van der Waals surface area contributed by atoms with Crippen LogP contribution < -0.4 is 5.32 Å². The third-order valence-electron chi connectivity index (χ3n) is 6.03. The van der Waals surface area contributed by atoms with Crippen LogP contribution in [0, 0.1) is 0 Å². The Bertz CT molecular complexity index is 843. The number of hydrogen-bond acceptors (Lipinski definition) is 4. The maximum absolute atomic E-state index is 12.8. The van der Waals surface area contributed by atoms with Gasteiger partial charge in [-0.25, -0.2) is 0 Å². The number of nitrogens with zero attached hydrogens (tertiary/aromatic N) is 3. The minimum atomic E-state index is -0.320. The first kappa shape index (κ1) is 20.0. The highest BCUT2D eigenvalue weighted by Crippen LogP contribution is 2.48. The number of amides is 1. The first-order valence-corrected chi connectivity index (χ1v) is 12.2. The molecule has 1 N–H and O–H groups in total. The van der Waals surface area contributed by atoms with Crippen LogP contribution in [0.3, 0.4) is 0 Å². The van der Waals surface area contributed by atoms with Gasteiger partial charge in [0.1, 0.15) is 5.82 Å². The molecule has 1 heterocycles. The zero-order valence-corrected chi connectivity index (χ0v) is 18.7. The van der Waals surface area contributed by atoms with Crippen molar-refractivity contribution in [3.63, 3.8) is 0 Å². The molecule has 1 aromatic carbocycles. The minimum Gasteiger partial charge on any atom is -0.355 e. The average molecular weight is 463 g/mol. The molecular formula is C21H27BrN4OS. The molecule has 2 aromatic rings. The fourth-order valence-corrected chi connectivity index (χ4v) is 5.29. The molecule has 0 unspecified atom stereocenters. The van der Waals surface area contributed by atoms with Crippen molar-refractivity contribution >= 4 is 33.6 Å². The second kappa shape index (κ2) is 8.57. The molecule has 28 heavy (non-hydrogen) atoms. The predicted octanol–water partition coefficient (Wildman–Crippen LogP) is 4.66. The highest BCUT2D eigenvalue weighted by atomic mass is 79.9. The van der Waals surface area contributed by atoms with E-state index in [2.05, 4.69) is 54.4 Å². The molecule has 4 rings (SSSR count). The van der Waals surface area contributed by atoms with E-state index in [9.17, 15) is 4.79 Å². The number of nitrogens with one attached hydrogen (secondary N) is 1. The Morgan fingerprint density at radius 2 is 2.11 bits per heavy atom. The van der Waals surface area contributed by atoms with Crippen molar-refractivity contribution in [3.8, 4) is 0 Å². The van der Waals surface area contributed by atoms with Crippen molar-refractivity contribution in [1.82, 2.24) is 20.1 Å². The van der Waals surface area contributed by atoms with Crippen LogP contribution in [0.4, 0.5) is 0 Å². The van der Waals surface area contributed by atoms with Crippen LogP contribution in [0.25, 0.3) is 0 Å². The molecule has 0 bridgehead atoms. The number of benzene rings is 1. The summed E-state index contributed by atoms with van der Waals surface area (Å²) in [6.45, 7) is 0.681. The Kier molecular flexibility index (Phi) is 6.11. The van der Waals surface area contributed by atoms with Crippen LogP contribution in [0.2, 0.25) is 0 Å². The summed E-state index contributed by atoms with van der Waals surface area (Å²) in [5, 5.41) is 13.0. The van der Waals surface area contributed by atoms with Crippen molar-refractivity contribution < 1.29 is 4.79 Å². The number of carbonyl (C=O) groups is 1. The summed E-state index contributed by atoms with van der Waals surface area (Å²) in [5.74, 6) is 1.23. The normalized spacial score (nSPS) is 18.4. The first-order valence-electron chi connectivity index (χ1n) is 10.2. The number of aryl methyl sites for hydroxylation is 1. The Morgan fingerprint density at radius 3 is 2.79 bits per heavy atom. The first-order chi connectivity index (χ1) is 13.6. The topological polar surface area (TPSA) is 59.8 Å². The molecular weight excluding hydrogens is 436 g/mol. The second-order valence-corrected chi connectivity index (χ2v) is 9.55. The van der Waals surface area contributed by atoms with Crippen LogP contribution in [-0.2, 0) is 16.6 Å². The lowest BCUT2D eigenvalue weighted by Crippen LogP contribution is -2.35. The molecule has 2 saturated carbocycles. The summed E-state index contributed by atoms with van der Waals surface area (Å²) in [5.41, 5.74) is 0.796. The van der Waals surface area contributed by atoms with Gasteiger partial charge in [0.25, 0.3) is 0 Å². The van der Waals surface area contributed by atoms with Gasteiger partial charge in [0.05, 0.1) is 5.41 Å². The number of hydrogen-bond donors (Lipinski definition) is 1. The quantitative estimate of drug-likeness (QED) is 0.457. The van der Waals surface area contributed by atoms with Gasteiger partial charge in [0, 0.05) is 23.5 Å². The molecule has 1 aromatic heterocycles. The summed E-state index contributed by atoms with van der Waals surface area (Å²) in [4.78, 5) is 12.8. The SMILES string of the molecule is CSc1nnc(CCCNC(=O)C2(c3cccc(Br)c3)CC2)n1C1CCCC1. The molecule has 0 aliphatic heterocycles. The van der Waals surface area contributed by atoms with Crippen molar-refractivity contribution in [2.75, 3.05) is 12.8 Å². The standard InChI is InChI=1S/C21H27BrN4OS/c1-28-20-25-24-18(26(20)17-8-2-3-9-17)10-5-13-23-19(27)21(11-12-21)15-6-4-7-16(22)14-15/h4,6-7,14,17H,2-3,5,8-13H2,1H3,(H,23,27). The highest BCUT2D eigenvalue weighted by Gasteiger charge is 2.51. The lowest BCUT2D eigenvalue weighted by Gasteiger charge is -2.17. The summed E-state index contributed by atoms with van der Waals surface area (Å²) >= 11 is 5.19. The Labute approximate surface area is 179 Å². The molecule has 7 heteroatoms. The van der Waals surface area contributed by atoms with E-state index in [1.807, 2.05) is 12.1 Å². The Morgan fingerprint density at radius 1 is 1.32 bits per heavy atom. The Hall–Kier alpha value is -1.34. The molecule has 150 valence electrons. The van der Waals surface area contributed by atoms with Gasteiger partial charge in [0.2, 0.25) is 5.91 Å². The third kappa shape index (κ3) is 4.01. The number of halogens is 1. The monoisotopic (exact) mass is 462 g/mol. The van der Waals surface area contributed by atoms with Crippen molar-refractivity contribution in [2.45, 2.75) is 68.0 Å². The Balaban J connectivity index is 1.33. The van der Waals surface area contributed by atoms with Gasteiger partial charge >= 0.3 is 0 Å². The summed E-state index contributed by atoms with van der Waals surface area (Å²) in [7, 11) is 0. The predicted molar refractivity (Wildman–Crippen MR) is 116 cm³/mol. The molecule has 2 aliphatic carbocycles. The van der Waals surface area contributed by atoms with E-state index in [0.29, 0.717) is 12.6 Å². The third-order valence-corrected chi connectivity index (χ3v) is 7.17. The average Bonchev–Trinajstić information content (AvgIpc) is 3.15. The number of carbonyl (C=O) groups excluding carboxylic acids is 1. The van der Waals surface area contributed by atoms with Crippen LogP contribution in [-0.4, -0.2) is 33.5 Å². The van der Waals surface area contributed by atoms with Gasteiger partial charge in [-0.2, -0.15) is 0 Å². The van der Waals surface area contributed by atoms with Crippen molar-refractivity contribution in [1.29, 1.82) is 0 Å². The van der Waals surface area contributed by atoms with E-state index in [1.165, 1.54) is 25.7 Å². The molecule has 0 radical (unpaired) electrons.